The van der Waals surface area contributed by atoms with Gasteiger partial charge in [0.05, 0.1) is 22.5 Å². The average molecular weight is 441 g/mol. The summed E-state index contributed by atoms with van der Waals surface area (Å²) < 4.78 is 34.0. The van der Waals surface area contributed by atoms with Gasteiger partial charge in [-0.1, -0.05) is 48.0 Å². The van der Waals surface area contributed by atoms with Gasteiger partial charge in [-0.15, -0.1) is 0 Å². The van der Waals surface area contributed by atoms with Crippen molar-refractivity contribution in [1.82, 2.24) is 9.78 Å². The second-order valence-electron chi connectivity index (χ2n) is 8.58. The number of sulfone groups is 1. The van der Waals surface area contributed by atoms with Crippen LogP contribution in [0.25, 0.3) is 0 Å². The highest BCUT2D eigenvalue weighted by atomic mass is 32.2. The maximum atomic E-state index is 13.4. The molecule has 0 bridgehead atoms. The Morgan fingerprint density at radius 1 is 1.00 bits per heavy atom. The Kier molecular flexibility index (Phi) is 6.36. The molecule has 1 aromatic heterocycles. The number of carbonyl (C=O) groups is 1. The van der Waals surface area contributed by atoms with Crippen LogP contribution in [0.2, 0.25) is 0 Å². The number of esters is 1. The van der Waals surface area contributed by atoms with E-state index in [-0.39, 0.29) is 22.1 Å². The Hall–Kier alpha value is -2.93. The third-order valence-electron chi connectivity index (χ3n) is 4.87. The molecule has 1 heterocycles. The summed E-state index contributed by atoms with van der Waals surface area (Å²) in [5, 5.41) is 4.42. The van der Waals surface area contributed by atoms with Gasteiger partial charge in [-0.25, -0.2) is 13.1 Å². The summed E-state index contributed by atoms with van der Waals surface area (Å²) in [5.41, 5.74) is 1.67. The van der Waals surface area contributed by atoms with E-state index in [2.05, 4.69) is 5.10 Å². The summed E-state index contributed by atoms with van der Waals surface area (Å²) in [5.74, 6) is -0.543. The molecule has 164 valence electrons. The Morgan fingerprint density at radius 3 is 2.19 bits per heavy atom. The standard InChI is InChI=1S/C24H28N2O4S/c1-17-11-14-20(15-12-17)31(28,29)22-18(2)25-26(24(3,4)5)23(22)30-21(27)16-13-19-9-7-6-8-10-19/h6-12,14-15H,13,16H2,1-5H3. The fourth-order valence-corrected chi connectivity index (χ4v) is 4.75. The number of aryl methyl sites for hydroxylation is 3. The number of benzene rings is 2. The number of rotatable bonds is 6. The van der Waals surface area contributed by atoms with E-state index in [1.807, 2.05) is 58.0 Å². The Balaban J connectivity index is 1.99. The van der Waals surface area contributed by atoms with Gasteiger partial charge in [0.15, 0.2) is 4.90 Å². The minimum atomic E-state index is -3.93. The molecule has 3 aromatic rings. The van der Waals surface area contributed by atoms with E-state index in [0.29, 0.717) is 12.1 Å². The van der Waals surface area contributed by atoms with Crippen LogP contribution in [0.4, 0.5) is 0 Å². The predicted octanol–water partition coefficient (Wildman–Crippen LogP) is 4.63. The molecule has 3 rings (SSSR count). The highest BCUT2D eigenvalue weighted by Crippen LogP contribution is 2.36. The number of nitrogens with zero attached hydrogens (tertiary/aromatic N) is 2. The SMILES string of the molecule is Cc1ccc(S(=O)(=O)c2c(C)nn(C(C)(C)C)c2OC(=O)CCc2ccccc2)cc1. The van der Waals surface area contributed by atoms with Crippen LogP contribution in [0.15, 0.2) is 64.4 Å². The van der Waals surface area contributed by atoms with Crippen LogP contribution < -0.4 is 4.74 Å². The van der Waals surface area contributed by atoms with Gasteiger partial charge in [0.2, 0.25) is 15.7 Å². The number of ether oxygens (including phenoxy) is 1. The van der Waals surface area contributed by atoms with E-state index in [0.717, 1.165) is 11.1 Å². The summed E-state index contributed by atoms with van der Waals surface area (Å²) in [6.45, 7) is 9.14. The van der Waals surface area contributed by atoms with Crippen LogP contribution in [0.3, 0.4) is 0 Å². The quantitative estimate of drug-likeness (QED) is 0.523. The van der Waals surface area contributed by atoms with E-state index >= 15 is 0 Å². The van der Waals surface area contributed by atoms with E-state index in [1.165, 1.54) is 4.68 Å². The summed E-state index contributed by atoms with van der Waals surface area (Å²) in [7, 11) is -3.93. The third-order valence-corrected chi connectivity index (χ3v) is 6.77. The number of hydrogen-bond donors (Lipinski definition) is 0. The lowest BCUT2D eigenvalue weighted by molar-refractivity contribution is -0.135. The zero-order valence-electron chi connectivity index (χ0n) is 18.5. The topological polar surface area (TPSA) is 78.3 Å². The monoisotopic (exact) mass is 440 g/mol. The molecular weight excluding hydrogens is 412 g/mol. The van der Waals surface area contributed by atoms with Crippen molar-refractivity contribution in [3.05, 3.63) is 71.4 Å². The van der Waals surface area contributed by atoms with Crippen LogP contribution >= 0.6 is 0 Å². The van der Waals surface area contributed by atoms with E-state index < -0.39 is 21.3 Å². The molecule has 31 heavy (non-hydrogen) atoms. The normalized spacial score (nSPS) is 12.0. The second-order valence-corrected chi connectivity index (χ2v) is 10.5. The van der Waals surface area contributed by atoms with Crippen molar-refractivity contribution in [3.8, 4) is 5.88 Å². The smallest absolute Gasteiger partial charge is 0.312 e. The zero-order valence-corrected chi connectivity index (χ0v) is 19.4. The fourth-order valence-electron chi connectivity index (χ4n) is 3.23. The Labute approximate surface area is 183 Å². The molecule has 0 unspecified atom stereocenters. The van der Waals surface area contributed by atoms with Crippen LogP contribution in [-0.4, -0.2) is 24.2 Å². The first kappa shape index (κ1) is 22.7. The van der Waals surface area contributed by atoms with Crippen molar-refractivity contribution >= 4 is 15.8 Å². The highest BCUT2D eigenvalue weighted by molar-refractivity contribution is 7.91. The molecule has 0 fully saturated rings. The van der Waals surface area contributed by atoms with Crippen molar-refractivity contribution in [3.63, 3.8) is 0 Å². The predicted molar refractivity (Wildman–Crippen MR) is 119 cm³/mol. The first-order valence-corrected chi connectivity index (χ1v) is 11.6. The molecule has 0 N–H and O–H groups in total. The number of carbonyl (C=O) groups excluding carboxylic acids is 1. The highest BCUT2D eigenvalue weighted by Gasteiger charge is 2.34. The maximum Gasteiger partial charge on any atom is 0.312 e. The first-order chi connectivity index (χ1) is 14.5. The molecule has 2 aromatic carbocycles. The van der Waals surface area contributed by atoms with Crippen molar-refractivity contribution in [2.75, 3.05) is 0 Å². The summed E-state index contributed by atoms with van der Waals surface area (Å²) in [6, 6.07) is 16.2. The van der Waals surface area contributed by atoms with Crippen molar-refractivity contribution < 1.29 is 17.9 Å². The minimum absolute atomic E-state index is 0.0383. The summed E-state index contributed by atoms with van der Waals surface area (Å²) in [4.78, 5) is 12.7. The van der Waals surface area contributed by atoms with Crippen molar-refractivity contribution in [1.29, 1.82) is 0 Å². The Bertz CT molecular complexity index is 1170. The van der Waals surface area contributed by atoms with Gasteiger partial charge in [-0.05, 0) is 58.7 Å². The summed E-state index contributed by atoms with van der Waals surface area (Å²) in [6.07, 6.45) is 0.630. The molecule has 0 saturated heterocycles. The molecule has 0 aliphatic carbocycles. The van der Waals surface area contributed by atoms with Gasteiger partial charge in [0, 0.05) is 0 Å². The molecule has 0 amide bonds. The van der Waals surface area contributed by atoms with Gasteiger partial charge >= 0.3 is 5.97 Å². The van der Waals surface area contributed by atoms with Crippen LogP contribution in [0.1, 0.15) is 44.0 Å². The molecule has 7 heteroatoms. The lowest BCUT2D eigenvalue weighted by Gasteiger charge is -2.22. The lowest BCUT2D eigenvalue weighted by atomic mass is 10.1. The van der Waals surface area contributed by atoms with Crippen LogP contribution in [-0.2, 0) is 26.6 Å². The molecule has 0 spiro atoms. The van der Waals surface area contributed by atoms with Gasteiger partial charge in [-0.2, -0.15) is 5.10 Å². The van der Waals surface area contributed by atoms with Gasteiger partial charge in [0.1, 0.15) is 0 Å². The van der Waals surface area contributed by atoms with Gasteiger partial charge in [-0.3, -0.25) is 4.79 Å². The van der Waals surface area contributed by atoms with E-state index in [9.17, 15) is 13.2 Å². The minimum Gasteiger partial charge on any atom is -0.406 e. The zero-order chi connectivity index (χ0) is 22.8. The molecule has 0 atom stereocenters. The summed E-state index contributed by atoms with van der Waals surface area (Å²) >= 11 is 0. The first-order valence-electron chi connectivity index (χ1n) is 10.2. The van der Waals surface area contributed by atoms with Crippen molar-refractivity contribution in [2.24, 2.45) is 0 Å². The maximum absolute atomic E-state index is 13.4. The van der Waals surface area contributed by atoms with Gasteiger partial charge in [0.25, 0.3) is 0 Å². The molecule has 0 aliphatic rings. The number of aromatic nitrogens is 2. The fraction of sp³-hybridized carbons (Fsp3) is 0.333. The second kappa shape index (κ2) is 8.67. The van der Waals surface area contributed by atoms with Crippen LogP contribution in [0.5, 0.6) is 5.88 Å². The van der Waals surface area contributed by atoms with Gasteiger partial charge < -0.3 is 4.74 Å². The van der Waals surface area contributed by atoms with E-state index in [4.69, 9.17) is 4.74 Å². The van der Waals surface area contributed by atoms with E-state index in [1.54, 1.807) is 31.2 Å². The largest absolute Gasteiger partial charge is 0.406 e. The molecule has 0 saturated carbocycles. The molecule has 0 aliphatic heterocycles. The Morgan fingerprint density at radius 2 is 1.61 bits per heavy atom. The molecule has 6 nitrogen and oxygen atoms in total. The molecule has 0 radical (unpaired) electrons. The van der Waals surface area contributed by atoms with Crippen molar-refractivity contribution in [2.45, 2.75) is 62.8 Å². The van der Waals surface area contributed by atoms with Crippen LogP contribution in [0, 0.1) is 13.8 Å². The lowest BCUT2D eigenvalue weighted by Crippen LogP contribution is -2.26. The average Bonchev–Trinajstić information content (AvgIpc) is 3.04. The molecular formula is C24H28N2O4S. The number of hydrogen-bond acceptors (Lipinski definition) is 5. The third kappa shape index (κ3) is 5.05.